The molecule has 1 saturated heterocycles. The normalized spacial score (nSPS) is 14.8. The molecule has 0 atom stereocenters. The van der Waals surface area contributed by atoms with E-state index in [4.69, 9.17) is 9.73 Å². The smallest absolute Gasteiger partial charge is 0.194 e. The predicted molar refractivity (Wildman–Crippen MR) is 125 cm³/mol. The zero-order valence-corrected chi connectivity index (χ0v) is 19.2. The average molecular weight is 500 g/mol. The van der Waals surface area contributed by atoms with Crippen molar-refractivity contribution in [3.8, 4) is 0 Å². The van der Waals surface area contributed by atoms with Gasteiger partial charge in [0, 0.05) is 39.8 Å². The molecule has 0 unspecified atom stereocenters. The first kappa shape index (κ1) is 22.0. The Morgan fingerprint density at radius 2 is 1.85 bits per heavy atom. The molecule has 1 aliphatic heterocycles. The third-order valence-electron chi connectivity index (χ3n) is 4.55. The number of anilines is 1. The van der Waals surface area contributed by atoms with E-state index in [1.165, 1.54) is 16.1 Å². The van der Waals surface area contributed by atoms with Crippen LogP contribution in [0.15, 0.2) is 46.8 Å². The highest BCUT2D eigenvalue weighted by Gasteiger charge is 2.20. The molecule has 1 aromatic heterocycles. The lowest BCUT2D eigenvalue weighted by Crippen LogP contribution is -2.52. The monoisotopic (exact) mass is 500 g/mol. The van der Waals surface area contributed by atoms with E-state index in [0.717, 1.165) is 38.7 Å². The number of methoxy groups -OCH3 is 1. The van der Waals surface area contributed by atoms with Gasteiger partial charge in [0.2, 0.25) is 0 Å². The molecule has 0 radical (unpaired) electrons. The molecule has 3 rings (SSSR count). The molecular weight excluding hydrogens is 471 g/mol. The summed E-state index contributed by atoms with van der Waals surface area (Å²) >= 11 is 1.81. The standard InChI is InChI=1S/C20H28N4OS.HI/c1-3-21-20(22-15-17-7-4-5-8-18(17)16-25-2)24-12-10-23(11-13-24)19-9-6-14-26-19;/h4-9,14H,3,10-13,15-16H2,1-2H3,(H,21,22);1H. The topological polar surface area (TPSA) is 40.1 Å². The van der Waals surface area contributed by atoms with E-state index in [2.05, 4.69) is 63.8 Å². The minimum atomic E-state index is 0. The van der Waals surface area contributed by atoms with Crippen LogP contribution in [0.5, 0.6) is 0 Å². The second-order valence-electron chi connectivity index (χ2n) is 6.30. The molecule has 148 valence electrons. The van der Waals surface area contributed by atoms with Crippen LogP contribution in [-0.2, 0) is 17.9 Å². The number of hydrogen-bond donors (Lipinski definition) is 1. The van der Waals surface area contributed by atoms with Crippen molar-refractivity contribution in [3.63, 3.8) is 0 Å². The van der Waals surface area contributed by atoms with Crippen LogP contribution >= 0.6 is 35.3 Å². The summed E-state index contributed by atoms with van der Waals surface area (Å²) < 4.78 is 5.31. The van der Waals surface area contributed by atoms with Gasteiger partial charge >= 0.3 is 0 Å². The van der Waals surface area contributed by atoms with Gasteiger partial charge < -0.3 is 19.9 Å². The van der Waals surface area contributed by atoms with Gasteiger partial charge in [-0.25, -0.2) is 4.99 Å². The average Bonchev–Trinajstić information content (AvgIpc) is 3.21. The van der Waals surface area contributed by atoms with Gasteiger partial charge in [-0.05, 0) is 35.6 Å². The second-order valence-corrected chi connectivity index (χ2v) is 7.22. The first-order chi connectivity index (χ1) is 12.8. The Kier molecular flexibility index (Phi) is 9.36. The van der Waals surface area contributed by atoms with Gasteiger partial charge in [0.15, 0.2) is 5.96 Å². The zero-order chi connectivity index (χ0) is 18.2. The van der Waals surface area contributed by atoms with Crippen LogP contribution in [0.1, 0.15) is 18.1 Å². The Morgan fingerprint density at radius 1 is 1.11 bits per heavy atom. The fourth-order valence-electron chi connectivity index (χ4n) is 3.18. The number of halogens is 1. The summed E-state index contributed by atoms with van der Waals surface area (Å²) in [5, 5.41) is 6.96. The van der Waals surface area contributed by atoms with Crippen LogP contribution in [0.3, 0.4) is 0 Å². The van der Waals surface area contributed by atoms with Crippen molar-refractivity contribution in [1.82, 2.24) is 10.2 Å². The van der Waals surface area contributed by atoms with Crippen molar-refractivity contribution in [2.45, 2.75) is 20.1 Å². The Hall–Kier alpha value is -1.32. The predicted octanol–water partition coefficient (Wildman–Crippen LogP) is 3.80. The first-order valence-electron chi connectivity index (χ1n) is 9.19. The molecule has 2 heterocycles. The summed E-state index contributed by atoms with van der Waals surface area (Å²) in [6.45, 7) is 8.35. The highest BCUT2D eigenvalue weighted by atomic mass is 127. The SMILES string of the molecule is CCNC(=NCc1ccccc1COC)N1CCN(c2cccs2)CC1.I. The maximum absolute atomic E-state index is 5.31. The molecule has 1 N–H and O–H groups in total. The van der Waals surface area contributed by atoms with Crippen molar-refractivity contribution in [3.05, 3.63) is 52.9 Å². The molecule has 0 amide bonds. The third-order valence-corrected chi connectivity index (χ3v) is 5.48. The minimum Gasteiger partial charge on any atom is -0.380 e. The highest BCUT2D eigenvalue weighted by molar-refractivity contribution is 14.0. The molecule has 0 spiro atoms. The van der Waals surface area contributed by atoms with E-state index in [1.54, 1.807) is 7.11 Å². The maximum Gasteiger partial charge on any atom is 0.194 e. The van der Waals surface area contributed by atoms with Crippen LogP contribution in [0, 0.1) is 0 Å². The molecule has 0 aliphatic carbocycles. The van der Waals surface area contributed by atoms with Gasteiger partial charge in [-0.2, -0.15) is 0 Å². The van der Waals surface area contributed by atoms with Gasteiger partial charge in [-0.15, -0.1) is 35.3 Å². The summed E-state index contributed by atoms with van der Waals surface area (Å²) in [5.41, 5.74) is 2.43. The molecule has 27 heavy (non-hydrogen) atoms. The Labute approximate surface area is 183 Å². The van der Waals surface area contributed by atoms with E-state index in [9.17, 15) is 0 Å². The second kappa shape index (κ2) is 11.5. The van der Waals surface area contributed by atoms with E-state index in [0.29, 0.717) is 13.2 Å². The van der Waals surface area contributed by atoms with Crippen molar-refractivity contribution >= 4 is 46.3 Å². The van der Waals surface area contributed by atoms with E-state index >= 15 is 0 Å². The van der Waals surface area contributed by atoms with Crippen molar-refractivity contribution in [1.29, 1.82) is 0 Å². The number of rotatable bonds is 6. The maximum atomic E-state index is 5.31. The Morgan fingerprint density at radius 3 is 2.48 bits per heavy atom. The number of benzene rings is 1. The summed E-state index contributed by atoms with van der Waals surface area (Å²) in [6, 6.07) is 12.7. The zero-order valence-electron chi connectivity index (χ0n) is 16.1. The van der Waals surface area contributed by atoms with Gasteiger partial charge in [0.1, 0.15) is 0 Å². The van der Waals surface area contributed by atoms with E-state index in [-0.39, 0.29) is 24.0 Å². The number of nitrogens with zero attached hydrogens (tertiary/aromatic N) is 3. The summed E-state index contributed by atoms with van der Waals surface area (Å²) in [7, 11) is 1.73. The lowest BCUT2D eigenvalue weighted by molar-refractivity contribution is 0.184. The molecule has 0 bridgehead atoms. The first-order valence-corrected chi connectivity index (χ1v) is 10.1. The van der Waals surface area contributed by atoms with Crippen LogP contribution < -0.4 is 10.2 Å². The van der Waals surface area contributed by atoms with Gasteiger partial charge in [0.25, 0.3) is 0 Å². The largest absolute Gasteiger partial charge is 0.380 e. The Bertz CT molecular complexity index is 700. The number of thiophene rings is 1. The highest BCUT2D eigenvalue weighted by Crippen LogP contribution is 2.22. The number of nitrogens with one attached hydrogen (secondary N) is 1. The van der Waals surface area contributed by atoms with Crippen LogP contribution in [0.25, 0.3) is 0 Å². The fraction of sp³-hybridized carbons (Fsp3) is 0.450. The molecule has 1 aromatic carbocycles. The van der Waals surface area contributed by atoms with E-state index in [1.807, 2.05) is 11.3 Å². The van der Waals surface area contributed by atoms with Gasteiger partial charge in [-0.3, -0.25) is 0 Å². The summed E-state index contributed by atoms with van der Waals surface area (Å²) in [4.78, 5) is 9.72. The molecule has 2 aromatic rings. The summed E-state index contributed by atoms with van der Waals surface area (Å²) in [6.07, 6.45) is 0. The van der Waals surface area contributed by atoms with E-state index < -0.39 is 0 Å². The molecular formula is C20H29IN4OS. The lowest BCUT2D eigenvalue weighted by atomic mass is 10.1. The molecule has 1 fully saturated rings. The van der Waals surface area contributed by atoms with Gasteiger partial charge in [-0.1, -0.05) is 24.3 Å². The lowest BCUT2D eigenvalue weighted by Gasteiger charge is -2.37. The number of guanidine groups is 1. The van der Waals surface area contributed by atoms with Crippen LogP contribution in [0.2, 0.25) is 0 Å². The minimum absolute atomic E-state index is 0. The van der Waals surface area contributed by atoms with Crippen molar-refractivity contribution in [2.24, 2.45) is 4.99 Å². The number of aliphatic imine (C=N–C) groups is 1. The summed E-state index contributed by atoms with van der Waals surface area (Å²) in [5.74, 6) is 1.01. The fourth-order valence-corrected chi connectivity index (χ4v) is 3.97. The van der Waals surface area contributed by atoms with Gasteiger partial charge in [0.05, 0.1) is 18.2 Å². The third kappa shape index (κ3) is 6.08. The van der Waals surface area contributed by atoms with Crippen molar-refractivity contribution in [2.75, 3.05) is 44.7 Å². The van der Waals surface area contributed by atoms with Crippen LogP contribution in [-0.4, -0.2) is 50.7 Å². The molecule has 5 nitrogen and oxygen atoms in total. The van der Waals surface area contributed by atoms with Crippen LogP contribution in [0.4, 0.5) is 5.00 Å². The molecule has 0 saturated carbocycles. The van der Waals surface area contributed by atoms with Crippen molar-refractivity contribution < 1.29 is 4.74 Å². The number of piperazine rings is 1. The quantitative estimate of drug-likeness (QED) is 0.372. The number of ether oxygens (including phenoxy) is 1. The molecule has 1 aliphatic rings. The number of hydrogen-bond acceptors (Lipinski definition) is 4. The molecule has 7 heteroatoms. The Balaban J connectivity index is 0.00000261.